The molecule has 2 atom stereocenters. The smallest absolute Gasteiger partial charge is 0.126 e. The third-order valence-electron chi connectivity index (χ3n) is 3.60. The van der Waals surface area contributed by atoms with Gasteiger partial charge in [-0.2, -0.15) is 0 Å². The Bertz CT molecular complexity index is 428. The van der Waals surface area contributed by atoms with E-state index in [4.69, 9.17) is 5.73 Å². The van der Waals surface area contributed by atoms with Crippen molar-refractivity contribution in [2.45, 2.75) is 31.4 Å². The molecule has 3 N–H and O–H groups in total. The van der Waals surface area contributed by atoms with Crippen LogP contribution in [0.2, 0.25) is 0 Å². The number of aliphatic hydroxyl groups excluding tert-OH is 1. The molecule has 1 fully saturated rings. The molecule has 1 aliphatic rings. The summed E-state index contributed by atoms with van der Waals surface area (Å²) in [4.78, 5) is 2.15. The van der Waals surface area contributed by atoms with E-state index in [1.165, 1.54) is 0 Å². The van der Waals surface area contributed by atoms with Gasteiger partial charge in [0.05, 0.1) is 6.10 Å². The molecule has 1 aromatic carbocycles. The van der Waals surface area contributed by atoms with Crippen LogP contribution in [-0.4, -0.2) is 41.8 Å². The monoisotopic (exact) mass is 306 g/mol. The Morgan fingerprint density at radius 3 is 2.55 bits per heavy atom. The molecule has 3 nitrogen and oxygen atoms in total. The van der Waals surface area contributed by atoms with E-state index < -0.39 is 23.8 Å². The van der Waals surface area contributed by atoms with Crippen LogP contribution in [0.4, 0.5) is 8.78 Å². The molecule has 1 aliphatic heterocycles. The van der Waals surface area contributed by atoms with Gasteiger partial charge in [0, 0.05) is 12.6 Å². The average Bonchev–Trinajstić information content (AvgIpc) is 2.86. The highest BCUT2D eigenvalue weighted by molar-refractivity contribution is 5.85. The van der Waals surface area contributed by atoms with Crippen molar-refractivity contribution in [1.82, 2.24) is 4.90 Å². The molecule has 0 aliphatic carbocycles. The standard InChI is InChI=1S/C14H20F2N2O.ClH/c15-11-3-4-12(16)10(7-11)8-13(17)14(19)9-18-5-1-2-6-18;/h3-4,7,13-14,19H,1-2,5-6,8-9,17H2;1H/t13-,14+;/m1./s1. The Kier molecular flexibility index (Phi) is 6.82. The Morgan fingerprint density at radius 2 is 1.90 bits per heavy atom. The zero-order chi connectivity index (χ0) is 13.8. The van der Waals surface area contributed by atoms with Crippen molar-refractivity contribution in [1.29, 1.82) is 0 Å². The van der Waals surface area contributed by atoms with Crippen molar-refractivity contribution < 1.29 is 13.9 Å². The summed E-state index contributed by atoms with van der Waals surface area (Å²) in [6, 6.07) is 2.71. The van der Waals surface area contributed by atoms with Crippen LogP contribution in [0.15, 0.2) is 18.2 Å². The van der Waals surface area contributed by atoms with Crippen molar-refractivity contribution >= 4 is 12.4 Å². The summed E-state index contributed by atoms with van der Waals surface area (Å²) in [5.41, 5.74) is 6.10. The van der Waals surface area contributed by atoms with Crippen LogP contribution < -0.4 is 5.73 Å². The van der Waals surface area contributed by atoms with Crippen molar-refractivity contribution in [2.24, 2.45) is 5.73 Å². The van der Waals surface area contributed by atoms with Gasteiger partial charge in [0.2, 0.25) is 0 Å². The fourth-order valence-electron chi connectivity index (χ4n) is 2.45. The molecular formula is C14H21ClF2N2O. The van der Waals surface area contributed by atoms with Gasteiger partial charge in [-0.1, -0.05) is 0 Å². The third-order valence-corrected chi connectivity index (χ3v) is 3.60. The molecule has 114 valence electrons. The maximum atomic E-state index is 13.5. The van der Waals surface area contributed by atoms with Gasteiger partial charge in [-0.3, -0.25) is 0 Å². The molecule has 2 rings (SSSR count). The number of benzene rings is 1. The number of β-amino-alcohol motifs (C(OH)–C–C–N with tert-alkyl or cyclic N) is 1. The number of rotatable bonds is 5. The van der Waals surface area contributed by atoms with E-state index in [2.05, 4.69) is 4.90 Å². The first-order valence-electron chi connectivity index (χ1n) is 6.66. The number of hydrogen-bond donors (Lipinski definition) is 2. The number of hydrogen-bond acceptors (Lipinski definition) is 3. The number of nitrogens with two attached hydrogens (primary N) is 1. The molecule has 0 saturated carbocycles. The highest BCUT2D eigenvalue weighted by Crippen LogP contribution is 2.14. The summed E-state index contributed by atoms with van der Waals surface area (Å²) in [5, 5.41) is 10.0. The Morgan fingerprint density at radius 1 is 1.25 bits per heavy atom. The van der Waals surface area contributed by atoms with Crippen molar-refractivity contribution in [2.75, 3.05) is 19.6 Å². The average molecular weight is 307 g/mol. The zero-order valence-corrected chi connectivity index (χ0v) is 12.1. The lowest BCUT2D eigenvalue weighted by molar-refractivity contribution is 0.101. The number of halogens is 3. The largest absolute Gasteiger partial charge is 0.390 e. The SMILES string of the molecule is Cl.N[C@H](Cc1cc(F)ccc1F)[C@@H](O)CN1CCCC1. The van der Waals surface area contributed by atoms with E-state index in [1.54, 1.807) is 0 Å². The normalized spacial score (nSPS) is 18.6. The lowest BCUT2D eigenvalue weighted by atomic mass is 10.0. The zero-order valence-electron chi connectivity index (χ0n) is 11.3. The topological polar surface area (TPSA) is 49.5 Å². The minimum absolute atomic E-state index is 0. The quantitative estimate of drug-likeness (QED) is 0.871. The first-order chi connectivity index (χ1) is 9.06. The number of nitrogens with zero attached hydrogens (tertiary/aromatic N) is 1. The van der Waals surface area contributed by atoms with Crippen molar-refractivity contribution in [3.8, 4) is 0 Å². The van der Waals surface area contributed by atoms with E-state index >= 15 is 0 Å². The van der Waals surface area contributed by atoms with Gasteiger partial charge in [0.25, 0.3) is 0 Å². The Balaban J connectivity index is 0.00000200. The summed E-state index contributed by atoms with van der Waals surface area (Å²) < 4.78 is 26.5. The third kappa shape index (κ3) is 4.66. The predicted octanol–water partition coefficient (Wildman–Crippen LogP) is 1.71. The lowest BCUT2D eigenvalue weighted by Crippen LogP contribution is -2.44. The van der Waals surface area contributed by atoms with E-state index in [0.29, 0.717) is 6.54 Å². The van der Waals surface area contributed by atoms with Crippen molar-refractivity contribution in [3.63, 3.8) is 0 Å². The molecule has 20 heavy (non-hydrogen) atoms. The maximum Gasteiger partial charge on any atom is 0.126 e. The second-order valence-corrected chi connectivity index (χ2v) is 5.18. The molecule has 0 radical (unpaired) electrons. The van der Waals surface area contributed by atoms with Gasteiger partial charge in [-0.05, 0) is 56.1 Å². The first kappa shape index (κ1) is 17.3. The van der Waals surface area contributed by atoms with Crippen LogP contribution >= 0.6 is 12.4 Å². The molecule has 0 unspecified atom stereocenters. The van der Waals surface area contributed by atoms with Gasteiger partial charge in [0.15, 0.2) is 0 Å². The van der Waals surface area contributed by atoms with E-state index in [9.17, 15) is 13.9 Å². The molecule has 0 amide bonds. The Labute approximate surface area is 124 Å². The van der Waals surface area contributed by atoms with Crippen LogP contribution in [0.1, 0.15) is 18.4 Å². The van der Waals surface area contributed by atoms with E-state index in [1.807, 2.05) is 0 Å². The second-order valence-electron chi connectivity index (χ2n) is 5.18. The van der Waals surface area contributed by atoms with Gasteiger partial charge in [-0.15, -0.1) is 12.4 Å². The second kappa shape index (κ2) is 7.88. The van der Waals surface area contributed by atoms with Crippen LogP contribution in [0.25, 0.3) is 0 Å². The first-order valence-corrected chi connectivity index (χ1v) is 6.66. The maximum absolute atomic E-state index is 13.5. The van der Waals surface area contributed by atoms with Gasteiger partial charge >= 0.3 is 0 Å². The minimum Gasteiger partial charge on any atom is -0.390 e. The van der Waals surface area contributed by atoms with Gasteiger partial charge in [0.1, 0.15) is 11.6 Å². The number of aliphatic hydroxyl groups is 1. The summed E-state index contributed by atoms with van der Waals surface area (Å²) in [6.07, 6.45) is 1.69. The minimum atomic E-state index is -0.722. The van der Waals surface area contributed by atoms with Crippen LogP contribution in [0.3, 0.4) is 0 Å². The van der Waals surface area contributed by atoms with Crippen molar-refractivity contribution in [3.05, 3.63) is 35.4 Å². The highest BCUT2D eigenvalue weighted by Gasteiger charge is 2.21. The predicted molar refractivity (Wildman–Crippen MR) is 77.0 cm³/mol. The molecule has 1 saturated heterocycles. The van der Waals surface area contributed by atoms with Gasteiger partial charge in [-0.25, -0.2) is 8.78 Å². The number of likely N-dealkylation sites (tertiary alicyclic amines) is 1. The van der Waals surface area contributed by atoms with E-state index in [-0.39, 0.29) is 24.4 Å². The molecule has 6 heteroatoms. The van der Waals surface area contributed by atoms with Crippen LogP contribution in [0.5, 0.6) is 0 Å². The highest BCUT2D eigenvalue weighted by atomic mass is 35.5. The van der Waals surface area contributed by atoms with Crippen LogP contribution in [0, 0.1) is 11.6 Å². The summed E-state index contributed by atoms with van der Waals surface area (Å²) in [5.74, 6) is -0.970. The summed E-state index contributed by atoms with van der Waals surface area (Å²) in [7, 11) is 0. The molecule has 1 aromatic rings. The molecule has 0 aromatic heterocycles. The summed E-state index contributed by atoms with van der Waals surface area (Å²) in [6.45, 7) is 2.44. The lowest BCUT2D eigenvalue weighted by Gasteiger charge is -2.24. The fraction of sp³-hybridized carbons (Fsp3) is 0.571. The van der Waals surface area contributed by atoms with Crippen LogP contribution in [-0.2, 0) is 6.42 Å². The summed E-state index contributed by atoms with van der Waals surface area (Å²) >= 11 is 0. The van der Waals surface area contributed by atoms with E-state index in [0.717, 1.165) is 44.1 Å². The molecule has 0 spiro atoms. The molecule has 0 bridgehead atoms. The molecular weight excluding hydrogens is 286 g/mol. The molecule has 1 heterocycles. The van der Waals surface area contributed by atoms with Gasteiger partial charge < -0.3 is 15.7 Å². The fourth-order valence-corrected chi connectivity index (χ4v) is 2.45. The Hall–Kier alpha value is -0.750.